The fourth-order valence-corrected chi connectivity index (χ4v) is 4.80. The number of nitrogens with two attached hydrogens (primary N) is 1. The summed E-state index contributed by atoms with van der Waals surface area (Å²) in [4.78, 5) is 27.8. The van der Waals surface area contributed by atoms with Crippen LogP contribution in [0.5, 0.6) is 0 Å². The summed E-state index contributed by atoms with van der Waals surface area (Å²) in [6.45, 7) is 4.98. The molecule has 1 aliphatic rings. The van der Waals surface area contributed by atoms with Crippen LogP contribution < -0.4 is 10.5 Å². The summed E-state index contributed by atoms with van der Waals surface area (Å²) in [5.41, 5.74) is 5.95. The van der Waals surface area contributed by atoms with E-state index in [9.17, 15) is 18.0 Å². The molecule has 11 heteroatoms. The maximum atomic E-state index is 12.4. The zero-order valence-electron chi connectivity index (χ0n) is 16.4. The summed E-state index contributed by atoms with van der Waals surface area (Å²) in [6.07, 6.45) is 0.604. The summed E-state index contributed by atoms with van der Waals surface area (Å²) in [5, 5.41) is 0.285. The van der Waals surface area contributed by atoms with Gasteiger partial charge in [-0.05, 0) is 30.5 Å². The highest BCUT2D eigenvalue weighted by Gasteiger charge is 2.28. The Bertz CT molecular complexity index is 855. The maximum absolute atomic E-state index is 12.4. The Morgan fingerprint density at radius 2 is 1.72 bits per heavy atom. The van der Waals surface area contributed by atoms with Crippen molar-refractivity contribution in [2.24, 2.45) is 11.7 Å². The molecule has 1 atom stereocenters. The highest BCUT2D eigenvalue weighted by atomic mass is 35.5. The van der Waals surface area contributed by atoms with Gasteiger partial charge in [0.25, 0.3) is 0 Å². The van der Waals surface area contributed by atoms with Gasteiger partial charge in [-0.25, -0.2) is 13.1 Å². The van der Waals surface area contributed by atoms with Crippen LogP contribution in [0.3, 0.4) is 0 Å². The summed E-state index contributed by atoms with van der Waals surface area (Å²) in [7, 11) is -3.96. The van der Waals surface area contributed by atoms with Crippen molar-refractivity contribution in [1.29, 1.82) is 0 Å². The van der Waals surface area contributed by atoms with E-state index in [1.807, 2.05) is 13.8 Å². The monoisotopic (exact) mass is 464 g/mol. The van der Waals surface area contributed by atoms with Crippen molar-refractivity contribution < 1.29 is 18.0 Å². The Hall–Kier alpha value is -1.39. The van der Waals surface area contributed by atoms with Gasteiger partial charge in [0.05, 0.1) is 17.6 Å². The third-order valence-electron chi connectivity index (χ3n) is 4.58. The van der Waals surface area contributed by atoms with E-state index in [0.717, 1.165) is 0 Å². The van der Waals surface area contributed by atoms with Crippen LogP contribution in [-0.4, -0.2) is 68.8 Å². The van der Waals surface area contributed by atoms with Gasteiger partial charge in [0.1, 0.15) is 4.90 Å². The number of sulfonamides is 1. The van der Waals surface area contributed by atoms with Crippen molar-refractivity contribution in [3.05, 3.63) is 28.2 Å². The van der Waals surface area contributed by atoms with Crippen LogP contribution in [0.15, 0.2) is 23.1 Å². The molecular formula is C18H26Cl2N4O4S. The third kappa shape index (κ3) is 6.55. The molecule has 0 unspecified atom stereocenters. The van der Waals surface area contributed by atoms with E-state index >= 15 is 0 Å². The van der Waals surface area contributed by atoms with Gasteiger partial charge in [-0.2, -0.15) is 0 Å². The first kappa shape index (κ1) is 23.9. The molecule has 29 heavy (non-hydrogen) atoms. The predicted octanol–water partition coefficient (Wildman–Crippen LogP) is 1.32. The lowest BCUT2D eigenvalue weighted by molar-refractivity contribution is -0.139. The molecule has 0 radical (unpaired) electrons. The second-order valence-electron chi connectivity index (χ2n) is 7.34. The quantitative estimate of drug-likeness (QED) is 0.631. The lowest BCUT2D eigenvalue weighted by Crippen LogP contribution is -2.55. The fourth-order valence-electron chi connectivity index (χ4n) is 3.06. The predicted molar refractivity (Wildman–Crippen MR) is 112 cm³/mol. The second-order valence-corrected chi connectivity index (χ2v) is 9.92. The van der Waals surface area contributed by atoms with Gasteiger partial charge >= 0.3 is 0 Å². The van der Waals surface area contributed by atoms with Gasteiger partial charge in [0.2, 0.25) is 21.8 Å². The molecule has 0 saturated carbocycles. The number of halogens is 2. The minimum absolute atomic E-state index is 0.0256. The van der Waals surface area contributed by atoms with Crippen LogP contribution in [0, 0.1) is 5.92 Å². The van der Waals surface area contributed by atoms with Crippen LogP contribution in [0.4, 0.5) is 0 Å². The number of rotatable bonds is 7. The van der Waals surface area contributed by atoms with Crippen molar-refractivity contribution in [2.45, 2.75) is 31.2 Å². The molecule has 1 aromatic carbocycles. The van der Waals surface area contributed by atoms with Crippen LogP contribution in [0.2, 0.25) is 10.0 Å². The molecule has 0 aliphatic carbocycles. The van der Waals surface area contributed by atoms with Crippen molar-refractivity contribution in [3.63, 3.8) is 0 Å². The number of hydrogen-bond acceptors (Lipinski definition) is 5. The number of carbonyl (C=O) groups excluding carboxylic acids is 2. The molecule has 1 aliphatic heterocycles. The first-order valence-electron chi connectivity index (χ1n) is 9.28. The molecule has 0 aromatic heterocycles. The SMILES string of the molecule is CC(C)C[C@H](N)C(=O)N1CCN(C(=O)CNS(=O)(=O)c2ccc(Cl)cc2Cl)CC1. The molecule has 0 spiro atoms. The van der Waals surface area contributed by atoms with E-state index in [1.54, 1.807) is 4.90 Å². The van der Waals surface area contributed by atoms with Crippen LogP contribution >= 0.6 is 23.2 Å². The number of hydrogen-bond donors (Lipinski definition) is 2. The zero-order chi connectivity index (χ0) is 21.8. The van der Waals surface area contributed by atoms with E-state index < -0.39 is 22.6 Å². The first-order chi connectivity index (χ1) is 13.5. The highest BCUT2D eigenvalue weighted by molar-refractivity contribution is 7.89. The Morgan fingerprint density at radius 1 is 1.14 bits per heavy atom. The van der Waals surface area contributed by atoms with Gasteiger partial charge < -0.3 is 15.5 Å². The van der Waals surface area contributed by atoms with E-state index in [-0.39, 0.29) is 21.7 Å². The van der Waals surface area contributed by atoms with E-state index in [0.29, 0.717) is 43.5 Å². The molecule has 8 nitrogen and oxygen atoms in total. The van der Waals surface area contributed by atoms with Crippen molar-refractivity contribution in [3.8, 4) is 0 Å². The molecule has 1 aromatic rings. The van der Waals surface area contributed by atoms with Crippen LogP contribution in [-0.2, 0) is 19.6 Å². The Balaban J connectivity index is 1.87. The molecule has 162 valence electrons. The highest BCUT2D eigenvalue weighted by Crippen LogP contribution is 2.24. The number of amides is 2. The topological polar surface area (TPSA) is 113 Å². The molecule has 3 N–H and O–H groups in total. The Kier molecular flexibility index (Phi) is 8.30. The van der Waals surface area contributed by atoms with Gasteiger partial charge in [0.15, 0.2) is 0 Å². The molecule has 2 rings (SSSR count). The van der Waals surface area contributed by atoms with Crippen molar-refractivity contribution >= 4 is 45.0 Å². The smallest absolute Gasteiger partial charge is 0.242 e. The average Bonchev–Trinajstić information content (AvgIpc) is 2.64. The second kappa shape index (κ2) is 10.1. The minimum atomic E-state index is -3.96. The van der Waals surface area contributed by atoms with E-state index in [2.05, 4.69) is 4.72 Å². The number of piperazine rings is 1. The number of nitrogens with zero attached hydrogens (tertiary/aromatic N) is 2. The lowest BCUT2D eigenvalue weighted by Gasteiger charge is -2.36. The molecule has 1 saturated heterocycles. The maximum Gasteiger partial charge on any atom is 0.242 e. The lowest BCUT2D eigenvalue weighted by atomic mass is 10.0. The first-order valence-corrected chi connectivity index (χ1v) is 11.5. The van der Waals surface area contributed by atoms with Crippen LogP contribution in [0.25, 0.3) is 0 Å². The largest absolute Gasteiger partial charge is 0.338 e. The fraction of sp³-hybridized carbons (Fsp3) is 0.556. The van der Waals surface area contributed by atoms with Gasteiger partial charge in [-0.1, -0.05) is 37.0 Å². The Morgan fingerprint density at radius 3 is 2.28 bits per heavy atom. The molecule has 1 heterocycles. The van der Waals surface area contributed by atoms with Crippen molar-refractivity contribution in [1.82, 2.24) is 14.5 Å². The van der Waals surface area contributed by atoms with Crippen molar-refractivity contribution in [2.75, 3.05) is 32.7 Å². The normalized spacial score (nSPS) is 16.2. The average molecular weight is 465 g/mol. The number of benzene rings is 1. The minimum Gasteiger partial charge on any atom is -0.338 e. The third-order valence-corrected chi connectivity index (χ3v) is 6.70. The summed E-state index contributed by atoms with van der Waals surface area (Å²) in [6, 6.07) is 3.46. The summed E-state index contributed by atoms with van der Waals surface area (Å²) < 4.78 is 27.0. The van der Waals surface area contributed by atoms with Gasteiger partial charge in [-0.15, -0.1) is 0 Å². The molecule has 2 amide bonds. The summed E-state index contributed by atoms with van der Waals surface area (Å²) >= 11 is 11.7. The standard InChI is InChI=1S/C18H26Cl2N4O4S/c1-12(2)9-15(21)18(26)24-7-5-23(6-8-24)17(25)11-22-29(27,28)16-4-3-13(19)10-14(16)20/h3-4,10,12,15,22H,5-9,11,21H2,1-2H3/t15-/m0/s1. The van der Waals surface area contributed by atoms with Gasteiger partial charge in [0, 0.05) is 31.2 Å². The Labute approximate surface area is 181 Å². The molecule has 1 fully saturated rings. The zero-order valence-corrected chi connectivity index (χ0v) is 18.7. The van der Waals surface area contributed by atoms with Gasteiger partial charge in [-0.3, -0.25) is 9.59 Å². The molecule has 0 bridgehead atoms. The van der Waals surface area contributed by atoms with Crippen LogP contribution in [0.1, 0.15) is 20.3 Å². The number of carbonyl (C=O) groups is 2. The van der Waals surface area contributed by atoms with E-state index in [1.165, 1.54) is 23.1 Å². The molecular weight excluding hydrogens is 439 g/mol. The summed E-state index contributed by atoms with van der Waals surface area (Å²) in [5.74, 6) is -0.180. The number of nitrogens with one attached hydrogen (secondary N) is 1. The van der Waals surface area contributed by atoms with E-state index in [4.69, 9.17) is 28.9 Å².